The fourth-order valence-electron chi connectivity index (χ4n) is 4.49. The molecule has 30 heavy (non-hydrogen) atoms. The van der Waals surface area contributed by atoms with E-state index in [0.29, 0.717) is 0 Å². The Bertz CT molecular complexity index is 958. The second-order valence-corrected chi connectivity index (χ2v) is 8.49. The Labute approximate surface area is 181 Å². The lowest BCUT2D eigenvalue weighted by molar-refractivity contribution is 0.509. The molecule has 3 nitrogen and oxygen atoms in total. The average molecular weight is 400 g/mol. The number of benzene rings is 1. The highest BCUT2D eigenvalue weighted by molar-refractivity contribution is 5.80. The van der Waals surface area contributed by atoms with E-state index in [9.17, 15) is 0 Å². The Morgan fingerprint density at radius 2 is 1.93 bits per heavy atom. The van der Waals surface area contributed by atoms with Crippen LogP contribution in [0.4, 0.5) is 5.69 Å². The molecule has 0 spiro atoms. The van der Waals surface area contributed by atoms with E-state index in [-0.39, 0.29) is 5.41 Å². The second-order valence-electron chi connectivity index (χ2n) is 8.49. The van der Waals surface area contributed by atoms with Crippen molar-refractivity contribution >= 4 is 11.3 Å². The highest BCUT2D eigenvalue weighted by Gasteiger charge is 2.30. The topological polar surface area (TPSA) is 36.1 Å². The minimum atomic E-state index is 0.0213. The van der Waals surface area contributed by atoms with Crippen molar-refractivity contribution in [3.63, 3.8) is 0 Å². The van der Waals surface area contributed by atoms with Gasteiger partial charge in [0, 0.05) is 28.1 Å². The fraction of sp³-hybridized carbons (Fsp3) is 0.333. The summed E-state index contributed by atoms with van der Waals surface area (Å²) in [6, 6.07) is 8.72. The van der Waals surface area contributed by atoms with Gasteiger partial charge >= 0.3 is 0 Å². The molecule has 0 saturated heterocycles. The zero-order valence-electron chi connectivity index (χ0n) is 18.2. The summed E-state index contributed by atoms with van der Waals surface area (Å²) in [4.78, 5) is 0. The first-order chi connectivity index (χ1) is 14.7. The fourth-order valence-corrected chi connectivity index (χ4v) is 4.49. The van der Waals surface area contributed by atoms with Crippen molar-refractivity contribution in [3.8, 4) is 0 Å². The molecule has 156 valence electrons. The van der Waals surface area contributed by atoms with Crippen LogP contribution in [0.3, 0.4) is 0 Å². The Hall–Kier alpha value is -2.78. The van der Waals surface area contributed by atoms with Crippen molar-refractivity contribution in [3.05, 3.63) is 95.4 Å². The number of hydrogen-bond acceptors (Lipinski definition) is 3. The van der Waals surface area contributed by atoms with Gasteiger partial charge in [-0.2, -0.15) is 0 Å². The maximum atomic E-state index is 3.66. The summed E-state index contributed by atoms with van der Waals surface area (Å²) in [6.07, 6.45) is 23.5. The van der Waals surface area contributed by atoms with Gasteiger partial charge in [-0.3, -0.25) is 0 Å². The first-order valence-corrected chi connectivity index (χ1v) is 11.1. The van der Waals surface area contributed by atoms with Crippen LogP contribution >= 0.6 is 0 Å². The first-order valence-electron chi connectivity index (χ1n) is 11.1. The van der Waals surface area contributed by atoms with Gasteiger partial charge in [-0.05, 0) is 62.4 Å². The van der Waals surface area contributed by atoms with Crippen molar-refractivity contribution in [1.29, 1.82) is 0 Å². The normalized spacial score (nSPS) is 23.3. The molecule has 0 bridgehead atoms. The van der Waals surface area contributed by atoms with E-state index in [1.54, 1.807) is 0 Å². The SMILES string of the molecule is CNCNC1=C(C2(C)C=CC=CC2)C=C(c2ccccc2NC2=CCCC=C2)CC1. The number of anilines is 1. The Morgan fingerprint density at radius 1 is 1.03 bits per heavy atom. The summed E-state index contributed by atoms with van der Waals surface area (Å²) in [7, 11) is 1.98. The van der Waals surface area contributed by atoms with E-state index in [0.717, 1.165) is 38.8 Å². The van der Waals surface area contributed by atoms with Crippen molar-refractivity contribution in [1.82, 2.24) is 10.6 Å². The predicted octanol–water partition coefficient (Wildman–Crippen LogP) is 6.05. The summed E-state index contributed by atoms with van der Waals surface area (Å²) in [6.45, 7) is 3.14. The minimum Gasteiger partial charge on any atom is -0.376 e. The summed E-state index contributed by atoms with van der Waals surface area (Å²) in [5.41, 5.74) is 7.90. The van der Waals surface area contributed by atoms with Crippen molar-refractivity contribution in [2.45, 2.75) is 39.0 Å². The van der Waals surface area contributed by atoms with Crippen LogP contribution in [0.25, 0.3) is 5.57 Å². The van der Waals surface area contributed by atoms with E-state index in [1.807, 2.05) is 7.05 Å². The Kier molecular flexibility index (Phi) is 6.39. The largest absolute Gasteiger partial charge is 0.376 e. The number of para-hydroxylation sites is 1. The molecule has 4 rings (SSSR count). The number of nitrogens with one attached hydrogen (secondary N) is 3. The lowest BCUT2D eigenvalue weighted by Gasteiger charge is -2.34. The van der Waals surface area contributed by atoms with Crippen LogP contribution in [0.2, 0.25) is 0 Å². The zero-order valence-corrected chi connectivity index (χ0v) is 18.2. The molecule has 3 aliphatic carbocycles. The average Bonchev–Trinajstić information content (AvgIpc) is 2.79. The minimum absolute atomic E-state index is 0.0213. The molecule has 1 aromatic carbocycles. The third-order valence-corrected chi connectivity index (χ3v) is 6.18. The summed E-state index contributed by atoms with van der Waals surface area (Å²) in [5, 5.41) is 10.5. The van der Waals surface area contributed by atoms with Crippen molar-refractivity contribution < 1.29 is 0 Å². The molecular weight excluding hydrogens is 366 g/mol. The van der Waals surface area contributed by atoms with Crippen LogP contribution < -0.4 is 16.0 Å². The van der Waals surface area contributed by atoms with Gasteiger partial charge in [-0.15, -0.1) is 0 Å². The molecule has 1 aromatic rings. The molecule has 0 fully saturated rings. The third kappa shape index (κ3) is 4.52. The maximum absolute atomic E-state index is 3.66. The summed E-state index contributed by atoms with van der Waals surface area (Å²) < 4.78 is 0. The molecule has 0 amide bonds. The van der Waals surface area contributed by atoms with Crippen LogP contribution in [0.1, 0.15) is 44.6 Å². The Morgan fingerprint density at radius 3 is 2.70 bits per heavy atom. The van der Waals surface area contributed by atoms with E-state index < -0.39 is 0 Å². The van der Waals surface area contributed by atoms with Gasteiger partial charge in [0.05, 0.1) is 6.67 Å². The number of hydrogen-bond donors (Lipinski definition) is 3. The van der Waals surface area contributed by atoms with E-state index in [4.69, 9.17) is 0 Å². The monoisotopic (exact) mass is 399 g/mol. The molecule has 0 heterocycles. The van der Waals surface area contributed by atoms with Crippen molar-refractivity contribution in [2.75, 3.05) is 19.0 Å². The Balaban J connectivity index is 1.70. The molecule has 1 atom stereocenters. The first kappa shape index (κ1) is 20.5. The quantitative estimate of drug-likeness (QED) is 0.488. The zero-order chi connectivity index (χ0) is 20.8. The van der Waals surface area contributed by atoms with Crippen LogP contribution in [-0.4, -0.2) is 13.7 Å². The molecule has 3 heteroatoms. The highest BCUT2D eigenvalue weighted by atomic mass is 15.0. The lowest BCUT2D eigenvalue weighted by atomic mass is 9.72. The van der Waals surface area contributed by atoms with Gasteiger partial charge in [0.25, 0.3) is 0 Å². The summed E-state index contributed by atoms with van der Waals surface area (Å²) >= 11 is 0. The molecule has 1 unspecified atom stereocenters. The van der Waals surface area contributed by atoms with Gasteiger partial charge in [-0.1, -0.05) is 67.7 Å². The van der Waals surface area contributed by atoms with E-state index in [1.165, 1.54) is 33.8 Å². The maximum Gasteiger partial charge on any atom is 0.0647 e. The number of allylic oxidation sites excluding steroid dienone is 11. The highest BCUT2D eigenvalue weighted by Crippen LogP contribution is 2.44. The second kappa shape index (κ2) is 9.36. The smallest absolute Gasteiger partial charge is 0.0647 e. The third-order valence-electron chi connectivity index (χ3n) is 6.18. The van der Waals surface area contributed by atoms with Crippen LogP contribution in [0, 0.1) is 5.41 Å². The molecule has 3 N–H and O–H groups in total. The lowest BCUT2D eigenvalue weighted by Crippen LogP contribution is -2.30. The van der Waals surface area contributed by atoms with Gasteiger partial charge in [0.1, 0.15) is 0 Å². The van der Waals surface area contributed by atoms with E-state index in [2.05, 4.69) is 95.7 Å². The van der Waals surface area contributed by atoms with Gasteiger partial charge in [0.15, 0.2) is 0 Å². The molecule has 3 aliphatic rings. The van der Waals surface area contributed by atoms with Crippen molar-refractivity contribution in [2.24, 2.45) is 5.41 Å². The van der Waals surface area contributed by atoms with Gasteiger partial charge in [0.2, 0.25) is 0 Å². The predicted molar refractivity (Wildman–Crippen MR) is 129 cm³/mol. The standard InChI is InChI=1S/C27H33N3/c1-27(17-9-4-10-18-27)24-19-21(15-16-26(24)29-20-28-2)23-13-7-8-14-25(23)30-22-11-5-3-6-12-22/h4-5,7-14,17,19,28-30H,3,6,15-16,18,20H2,1-2H3. The molecular formula is C27H33N3. The summed E-state index contributed by atoms with van der Waals surface area (Å²) in [5.74, 6) is 0. The van der Waals surface area contributed by atoms with E-state index >= 15 is 0 Å². The van der Waals surface area contributed by atoms with Crippen LogP contribution in [0.5, 0.6) is 0 Å². The van der Waals surface area contributed by atoms with Crippen LogP contribution in [0.15, 0.2) is 89.8 Å². The van der Waals surface area contributed by atoms with Crippen LogP contribution in [-0.2, 0) is 0 Å². The van der Waals surface area contributed by atoms with Gasteiger partial charge in [-0.25, -0.2) is 0 Å². The molecule has 0 aromatic heterocycles. The molecule has 0 radical (unpaired) electrons. The number of rotatable bonds is 7. The van der Waals surface area contributed by atoms with Gasteiger partial charge < -0.3 is 16.0 Å². The molecule has 0 aliphatic heterocycles. The molecule has 0 saturated carbocycles.